The summed E-state index contributed by atoms with van der Waals surface area (Å²) < 4.78 is 0. The summed E-state index contributed by atoms with van der Waals surface area (Å²) in [5.74, 6) is 0.318. The van der Waals surface area contributed by atoms with Crippen molar-refractivity contribution in [3.05, 3.63) is 35.9 Å². The Morgan fingerprint density at radius 1 is 1.69 bits per heavy atom. The summed E-state index contributed by atoms with van der Waals surface area (Å²) in [4.78, 5) is 0. The van der Waals surface area contributed by atoms with E-state index in [1.165, 1.54) is 0 Å². The van der Waals surface area contributed by atoms with Crippen LogP contribution in [0.2, 0.25) is 0 Å². The van der Waals surface area contributed by atoms with Crippen LogP contribution in [0.4, 0.5) is 0 Å². The monoisotopic (exact) mass is 219 g/mol. The quantitative estimate of drug-likeness (QED) is 0.442. The summed E-state index contributed by atoms with van der Waals surface area (Å²) in [6.07, 6.45) is 2.22. The molecule has 0 fully saturated rings. The molecule has 86 valence electrons. The highest BCUT2D eigenvalue weighted by atomic mass is 16.3. The molecule has 1 atom stereocenters. The number of phenolic OH excluding ortho intramolecular Hbond substituents is 1. The molecule has 4 heteroatoms. The smallest absolute Gasteiger partial charge is 0.122 e. The van der Waals surface area contributed by atoms with Gasteiger partial charge in [-0.2, -0.15) is 0 Å². The number of amidine groups is 1. The fraction of sp³-hybridized carbons (Fsp3) is 0.250. The zero-order valence-corrected chi connectivity index (χ0v) is 9.33. The molecule has 0 bridgehead atoms. The molecule has 0 saturated carbocycles. The van der Waals surface area contributed by atoms with E-state index in [9.17, 15) is 5.11 Å². The normalized spacial score (nSPS) is 12.1. The maximum atomic E-state index is 9.48. The van der Waals surface area contributed by atoms with Gasteiger partial charge >= 0.3 is 0 Å². The zero-order valence-electron chi connectivity index (χ0n) is 9.33. The second-order valence-electron chi connectivity index (χ2n) is 3.60. The highest BCUT2D eigenvalue weighted by Gasteiger charge is 2.10. The summed E-state index contributed by atoms with van der Waals surface area (Å²) in [6, 6.07) is 5.10. The molecule has 0 aromatic heterocycles. The van der Waals surface area contributed by atoms with E-state index in [1.54, 1.807) is 19.2 Å². The summed E-state index contributed by atoms with van der Waals surface area (Å²) in [7, 11) is 1.76. The average molecular weight is 219 g/mol. The maximum Gasteiger partial charge on any atom is 0.122 e. The molecule has 16 heavy (non-hydrogen) atoms. The molecular weight excluding hydrogens is 202 g/mol. The number of nitrogens with two attached hydrogens (primary N) is 1. The third-order valence-electron chi connectivity index (χ3n) is 2.48. The average Bonchev–Trinajstić information content (AvgIpc) is 2.27. The van der Waals surface area contributed by atoms with Gasteiger partial charge in [-0.25, -0.2) is 0 Å². The fourth-order valence-electron chi connectivity index (χ4n) is 1.50. The minimum Gasteiger partial charge on any atom is -0.507 e. The number of hydrogen-bond donors (Lipinski definition) is 4. The summed E-state index contributed by atoms with van der Waals surface area (Å²) >= 11 is 0. The lowest BCUT2D eigenvalue weighted by molar-refractivity contribution is 0.473. The summed E-state index contributed by atoms with van der Waals surface area (Å²) in [6.45, 7) is 3.62. The van der Waals surface area contributed by atoms with E-state index in [0.29, 0.717) is 12.0 Å². The third-order valence-corrected chi connectivity index (χ3v) is 2.48. The SMILES string of the molecule is C=Cc1cc(CC(NC)C(=N)N)ccc1O. The van der Waals surface area contributed by atoms with Crippen molar-refractivity contribution >= 4 is 11.9 Å². The lowest BCUT2D eigenvalue weighted by Gasteiger charge is -2.14. The van der Waals surface area contributed by atoms with Crippen LogP contribution in [0.3, 0.4) is 0 Å². The first kappa shape index (κ1) is 12.3. The predicted molar refractivity (Wildman–Crippen MR) is 66.7 cm³/mol. The van der Waals surface area contributed by atoms with Gasteiger partial charge in [0.15, 0.2) is 0 Å². The molecule has 0 saturated heterocycles. The van der Waals surface area contributed by atoms with Crippen molar-refractivity contribution in [1.82, 2.24) is 5.32 Å². The van der Waals surface area contributed by atoms with Gasteiger partial charge in [0.2, 0.25) is 0 Å². The molecular formula is C12H17N3O. The van der Waals surface area contributed by atoms with Gasteiger partial charge in [-0.1, -0.05) is 18.7 Å². The van der Waals surface area contributed by atoms with Crippen molar-refractivity contribution in [2.75, 3.05) is 7.05 Å². The van der Waals surface area contributed by atoms with Crippen LogP contribution in [0.15, 0.2) is 24.8 Å². The molecule has 1 aromatic rings. The minimum absolute atomic E-state index is 0.107. The second kappa shape index (κ2) is 5.32. The van der Waals surface area contributed by atoms with E-state index < -0.39 is 0 Å². The Balaban J connectivity index is 2.89. The zero-order chi connectivity index (χ0) is 12.1. The molecule has 5 N–H and O–H groups in total. The van der Waals surface area contributed by atoms with Crippen LogP contribution in [-0.4, -0.2) is 24.0 Å². The van der Waals surface area contributed by atoms with Gasteiger partial charge in [-0.3, -0.25) is 5.41 Å². The van der Waals surface area contributed by atoms with Gasteiger partial charge < -0.3 is 16.2 Å². The molecule has 0 radical (unpaired) electrons. The van der Waals surface area contributed by atoms with E-state index in [4.69, 9.17) is 11.1 Å². The van der Waals surface area contributed by atoms with Crippen LogP contribution >= 0.6 is 0 Å². The first-order valence-corrected chi connectivity index (χ1v) is 5.04. The van der Waals surface area contributed by atoms with Crippen molar-refractivity contribution in [2.45, 2.75) is 12.5 Å². The van der Waals surface area contributed by atoms with Crippen molar-refractivity contribution in [2.24, 2.45) is 5.73 Å². The Morgan fingerprint density at radius 2 is 2.38 bits per heavy atom. The Hall–Kier alpha value is -1.81. The summed E-state index contributed by atoms with van der Waals surface area (Å²) in [5, 5.41) is 19.8. The van der Waals surface area contributed by atoms with E-state index >= 15 is 0 Å². The number of benzene rings is 1. The fourth-order valence-corrected chi connectivity index (χ4v) is 1.50. The number of phenols is 1. The minimum atomic E-state index is -0.179. The van der Waals surface area contributed by atoms with E-state index in [0.717, 1.165) is 5.56 Å². The largest absolute Gasteiger partial charge is 0.507 e. The van der Waals surface area contributed by atoms with Gasteiger partial charge in [-0.05, 0) is 31.2 Å². The Bertz CT molecular complexity index is 401. The molecule has 4 nitrogen and oxygen atoms in total. The maximum absolute atomic E-state index is 9.48. The molecule has 0 spiro atoms. The van der Waals surface area contributed by atoms with Gasteiger partial charge in [-0.15, -0.1) is 0 Å². The Kier molecular flexibility index (Phi) is 4.08. The molecule has 0 aliphatic carbocycles. The molecule has 1 rings (SSSR count). The highest BCUT2D eigenvalue weighted by molar-refractivity contribution is 5.83. The predicted octanol–water partition coefficient (Wildman–Crippen LogP) is 1.10. The van der Waals surface area contributed by atoms with Gasteiger partial charge in [0, 0.05) is 5.56 Å². The standard InChI is InChI=1S/C12H17N3O/c1-3-9-6-8(4-5-11(9)16)7-10(15-2)12(13)14/h3-6,10,15-16H,1,7H2,2H3,(H3,13,14). The van der Waals surface area contributed by atoms with Crippen molar-refractivity contribution in [1.29, 1.82) is 5.41 Å². The van der Waals surface area contributed by atoms with Crippen LogP contribution in [-0.2, 0) is 6.42 Å². The summed E-state index contributed by atoms with van der Waals surface area (Å²) in [5.41, 5.74) is 7.14. The molecule has 0 amide bonds. The number of rotatable bonds is 5. The van der Waals surface area contributed by atoms with Crippen molar-refractivity contribution in [3.63, 3.8) is 0 Å². The van der Waals surface area contributed by atoms with Gasteiger partial charge in [0.25, 0.3) is 0 Å². The number of likely N-dealkylation sites (N-methyl/N-ethyl adjacent to an activating group) is 1. The Labute approximate surface area is 95.3 Å². The van der Waals surface area contributed by atoms with E-state index in [2.05, 4.69) is 11.9 Å². The molecule has 1 aromatic carbocycles. The topological polar surface area (TPSA) is 82.1 Å². The van der Waals surface area contributed by atoms with Crippen LogP contribution in [0.1, 0.15) is 11.1 Å². The first-order valence-electron chi connectivity index (χ1n) is 5.04. The highest BCUT2D eigenvalue weighted by Crippen LogP contribution is 2.20. The van der Waals surface area contributed by atoms with Crippen LogP contribution in [0, 0.1) is 5.41 Å². The molecule has 0 aliphatic rings. The van der Waals surface area contributed by atoms with Crippen molar-refractivity contribution in [3.8, 4) is 5.75 Å². The second-order valence-corrected chi connectivity index (χ2v) is 3.60. The van der Waals surface area contributed by atoms with E-state index in [-0.39, 0.29) is 17.6 Å². The molecule has 1 unspecified atom stereocenters. The van der Waals surface area contributed by atoms with Gasteiger partial charge in [0.05, 0.1) is 6.04 Å². The van der Waals surface area contributed by atoms with Crippen LogP contribution < -0.4 is 11.1 Å². The van der Waals surface area contributed by atoms with E-state index in [1.807, 2.05) is 12.1 Å². The van der Waals surface area contributed by atoms with Gasteiger partial charge in [0.1, 0.15) is 11.6 Å². The van der Waals surface area contributed by atoms with Crippen molar-refractivity contribution < 1.29 is 5.11 Å². The lowest BCUT2D eigenvalue weighted by atomic mass is 10.0. The first-order chi connectivity index (χ1) is 7.58. The molecule has 0 heterocycles. The third kappa shape index (κ3) is 2.84. The number of hydrogen-bond acceptors (Lipinski definition) is 3. The van der Waals surface area contributed by atoms with Crippen LogP contribution in [0.25, 0.3) is 6.08 Å². The lowest BCUT2D eigenvalue weighted by Crippen LogP contribution is -2.40. The number of nitrogens with one attached hydrogen (secondary N) is 2. The number of aromatic hydroxyl groups is 1. The Morgan fingerprint density at radius 3 is 2.88 bits per heavy atom. The van der Waals surface area contributed by atoms with Crippen LogP contribution in [0.5, 0.6) is 5.75 Å². The molecule has 0 aliphatic heterocycles.